The molecule has 2 unspecified atom stereocenters. The Morgan fingerprint density at radius 1 is 1.27 bits per heavy atom. The van der Waals surface area contributed by atoms with Gasteiger partial charge in [0.25, 0.3) is 0 Å². The Morgan fingerprint density at radius 2 is 1.95 bits per heavy atom. The van der Waals surface area contributed by atoms with Gasteiger partial charge in [0.05, 0.1) is 5.92 Å². The fraction of sp³-hybridized carbons (Fsp3) is 0.562. The van der Waals surface area contributed by atoms with Crippen LogP contribution < -0.4 is 0 Å². The summed E-state index contributed by atoms with van der Waals surface area (Å²) < 4.78 is 0. The van der Waals surface area contributed by atoms with Gasteiger partial charge in [-0.3, -0.25) is 14.6 Å². The molecule has 0 saturated carbocycles. The number of thioether (sulfide) groups is 1. The van der Waals surface area contributed by atoms with Gasteiger partial charge in [0.15, 0.2) is 0 Å². The van der Waals surface area contributed by atoms with E-state index >= 15 is 0 Å². The lowest BCUT2D eigenvalue weighted by Gasteiger charge is -2.20. The molecule has 22 heavy (non-hydrogen) atoms. The van der Waals surface area contributed by atoms with Crippen LogP contribution in [0.5, 0.6) is 0 Å². The first-order chi connectivity index (χ1) is 10.5. The number of carbonyl (C=O) groups is 2. The molecule has 6 heteroatoms. The molecule has 1 aromatic heterocycles. The highest BCUT2D eigenvalue weighted by Gasteiger charge is 2.23. The van der Waals surface area contributed by atoms with Crippen LogP contribution in [0.1, 0.15) is 38.2 Å². The lowest BCUT2D eigenvalue weighted by atomic mass is 9.95. The predicted octanol–water partition coefficient (Wildman–Crippen LogP) is 3.09. The van der Waals surface area contributed by atoms with E-state index in [-0.39, 0.29) is 18.1 Å². The van der Waals surface area contributed by atoms with Crippen molar-refractivity contribution in [3.05, 3.63) is 30.1 Å². The lowest BCUT2D eigenvalue weighted by molar-refractivity contribution is -0.143. The SMILES string of the molecule is CCCSC(Cc1ccncc1)CC(CCC(=O)O)C(=O)O. The topological polar surface area (TPSA) is 87.5 Å². The summed E-state index contributed by atoms with van der Waals surface area (Å²) in [4.78, 5) is 26.0. The van der Waals surface area contributed by atoms with Gasteiger partial charge in [-0.2, -0.15) is 11.8 Å². The first kappa shape index (κ1) is 18.5. The Kier molecular flexibility index (Phi) is 8.58. The van der Waals surface area contributed by atoms with Crippen LogP contribution in [0.15, 0.2) is 24.5 Å². The standard InChI is InChI=1S/C16H23NO4S/c1-2-9-22-14(10-12-5-7-17-8-6-12)11-13(16(20)21)3-4-15(18)19/h5-8,13-14H,2-4,9-11H2,1H3,(H,18,19)(H,20,21). The molecule has 0 radical (unpaired) electrons. The molecule has 0 aliphatic rings. The van der Waals surface area contributed by atoms with Crippen molar-refractivity contribution in [1.82, 2.24) is 4.98 Å². The molecular weight excluding hydrogens is 302 g/mol. The van der Waals surface area contributed by atoms with Crippen LogP contribution in [0.25, 0.3) is 0 Å². The number of hydrogen-bond acceptors (Lipinski definition) is 4. The second-order valence-electron chi connectivity index (χ2n) is 5.26. The highest BCUT2D eigenvalue weighted by atomic mass is 32.2. The molecule has 0 aliphatic carbocycles. The van der Waals surface area contributed by atoms with Crippen LogP contribution in [0.3, 0.4) is 0 Å². The smallest absolute Gasteiger partial charge is 0.306 e. The van der Waals surface area contributed by atoms with E-state index in [1.807, 2.05) is 12.1 Å². The largest absolute Gasteiger partial charge is 0.481 e. The Labute approximate surface area is 135 Å². The fourth-order valence-corrected chi connectivity index (χ4v) is 3.48. The normalized spacial score (nSPS) is 13.5. The number of aromatic nitrogens is 1. The van der Waals surface area contributed by atoms with E-state index in [0.717, 1.165) is 24.2 Å². The van der Waals surface area contributed by atoms with Gasteiger partial charge in [-0.15, -0.1) is 0 Å². The number of hydrogen-bond donors (Lipinski definition) is 2. The van der Waals surface area contributed by atoms with Crippen molar-refractivity contribution < 1.29 is 19.8 Å². The summed E-state index contributed by atoms with van der Waals surface area (Å²) in [7, 11) is 0. The van der Waals surface area contributed by atoms with Crippen LogP contribution in [0, 0.1) is 5.92 Å². The molecular formula is C16H23NO4S. The molecule has 0 aliphatic heterocycles. The van der Waals surface area contributed by atoms with Gasteiger partial charge < -0.3 is 10.2 Å². The summed E-state index contributed by atoms with van der Waals surface area (Å²) in [5.74, 6) is -1.48. The molecule has 0 aromatic carbocycles. The summed E-state index contributed by atoms with van der Waals surface area (Å²) in [6.07, 6.45) is 5.86. The van der Waals surface area contributed by atoms with E-state index < -0.39 is 17.9 Å². The van der Waals surface area contributed by atoms with E-state index in [9.17, 15) is 14.7 Å². The molecule has 0 bridgehead atoms. The number of aliphatic carboxylic acids is 2. The minimum absolute atomic E-state index is 0.0998. The molecule has 1 heterocycles. The van der Waals surface area contributed by atoms with Crippen molar-refractivity contribution in [3.63, 3.8) is 0 Å². The maximum absolute atomic E-state index is 11.4. The maximum Gasteiger partial charge on any atom is 0.306 e. The third kappa shape index (κ3) is 7.45. The van der Waals surface area contributed by atoms with E-state index in [0.29, 0.717) is 6.42 Å². The number of pyridine rings is 1. The Balaban J connectivity index is 2.67. The first-order valence-electron chi connectivity index (χ1n) is 7.48. The average molecular weight is 325 g/mol. The quantitative estimate of drug-likeness (QED) is 0.650. The van der Waals surface area contributed by atoms with Crippen LogP contribution in [0.4, 0.5) is 0 Å². The zero-order chi connectivity index (χ0) is 16.4. The van der Waals surface area contributed by atoms with E-state index in [4.69, 9.17) is 5.11 Å². The Hall–Kier alpha value is -1.56. The first-order valence-corrected chi connectivity index (χ1v) is 8.52. The fourth-order valence-electron chi connectivity index (χ4n) is 2.23. The number of carboxylic acid groups (broad SMARTS) is 2. The van der Waals surface area contributed by atoms with Gasteiger partial charge in [-0.05, 0) is 49.1 Å². The third-order valence-corrected chi connectivity index (χ3v) is 4.85. The van der Waals surface area contributed by atoms with Crippen molar-refractivity contribution in [2.75, 3.05) is 5.75 Å². The van der Waals surface area contributed by atoms with Gasteiger partial charge in [0.2, 0.25) is 0 Å². The zero-order valence-electron chi connectivity index (χ0n) is 12.8. The van der Waals surface area contributed by atoms with Crippen molar-refractivity contribution in [3.8, 4) is 0 Å². The van der Waals surface area contributed by atoms with Gasteiger partial charge in [-0.25, -0.2) is 0 Å². The molecule has 122 valence electrons. The van der Waals surface area contributed by atoms with Gasteiger partial charge >= 0.3 is 11.9 Å². The van der Waals surface area contributed by atoms with Crippen LogP contribution in [-0.4, -0.2) is 38.1 Å². The Morgan fingerprint density at radius 3 is 2.50 bits per heavy atom. The average Bonchev–Trinajstić information content (AvgIpc) is 2.49. The van der Waals surface area contributed by atoms with E-state index in [2.05, 4.69) is 11.9 Å². The summed E-state index contributed by atoms with van der Waals surface area (Å²) in [6.45, 7) is 2.09. The highest BCUT2D eigenvalue weighted by molar-refractivity contribution is 7.99. The number of rotatable bonds is 11. The summed E-state index contributed by atoms with van der Waals surface area (Å²) in [5, 5.41) is 18.2. The number of nitrogens with zero attached hydrogens (tertiary/aromatic N) is 1. The van der Waals surface area contributed by atoms with E-state index in [1.165, 1.54) is 0 Å². The highest BCUT2D eigenvalue weighted by Crippen LogP contribution is 2.26. The maximum atomic E-state index is 11.4. The molecule has 0 spiro atoms. The van der Waals surface area contributed by atoms with Gasteiger partial charge in [0.1, 0.15) is 0 Å². The van der Waals surface area contributed by atoms with Crippen molar-refractivity contribution in [2.45, 2.75) is 44.3 Å². The second kappa shape index (κ2) is 10.2. The zero-order valence-corrected chi connectivity index (χ0v) is 13.6. The van der Waals surface area contributed by atoms with Crippen molar-refractivity contribution >= 4 is 23.7 Å². The minimum Gasteiger partial charge on any atom is -0.481 e. The molecule has 2 N–H and O–H groups in total. The summed E-state index contributed by atoms with van der Waals surface area (Å²) >= 11 is 1.77. The molecule has 0 saturated heterocycles. The van der Waals surface area contributed by atoms with Gasteiger partial charge in [-0.1, -0.05) is 6.92 Å². The molecule has 5 nitrogen and oxygen atoms in total. The summed E-state index contributed by atoms with van der Waals surface area (Å²) in [5.41, 5.74) is 1.13. The molecule has 2 atom stereocenters. The molecule has 0 fully saturated rings. The second-order valence-corrected chi connectivity index (χ2v) is 6.66. The monoisotopic (exact) mass is 325 g/mol. The Bertz CT molecular complexity index is 466. The lowest BCUT2D eigenvalue weighted by Crippen LogP contribution is -2.22. The van der Waals surface area contributed by atoms with Crippen molar-refractivity contribution in [1.29, 1.82) is 0 Å². The van der Waals surface area contributed by atoms with E-state index in [1.54, 1.807) is 24.2 Å². The molecule has 0 amide bonds. The third-order valence-electron chi connectivity index (χ3n) is 3.37. The van der Waals surface area contributed by atoms with Crippen LogP contribution in [-0.2, 0) is 16.0 Å². The van der Waals surface area contributed by atoms with Gasteiger partial charge in [0, 0.05) is 24.1 Å². The minimum atomic E-state index is -0.946. The van der Waals surface area contributed by atoms with Crippen LogP contribution >= 0.6 is 11.8 Å². The molecule has 1 rings (SSSR count). The summed E-state index contributed by atoms with van der Waals surface area (Å²) in [6, 6.07) is 3.87. The van der Waals surface area contributed by atoms with Crippen molar-refractivity contribution in [2.24, 2.45) is 5.92 Å². The predicted molar refractivity (Wildman–Crippen MR) is 87.1 cm³/mol. The number of carboxylic acids is 2. The van der Waals surface area contributed by atoms with Crippen LogP contribution in [0.2, 0.25) is 0 Å². The molecule has 1 aromatic rings.